The molecule has 6 rings (SSSR count). The van der Waals surface area contributed by atoms with Crippen LogP contribution >= 0.6 is 23.4 Å². The second kappa shape index (κ2) is 8.66. The van der Waals surface area contributed by atoms with E-state index in [2.05, 4.69) is 0 Å². The second-order valence-electron chi connectivity index (χ2n) is 8.57. The van der Waals surface area contributed by atoms with Crippen LogP contribution in [0.2, 0.25) is 5.02 Å². The van der Waals surface area contributed by atoms with Gasteiger partial charge in [0.25, 0.3) is 5.91 Å². The minimum absolute atomic E-state index is 0.263. The van der Waals surface area contributed by atoms with E-state index in [4.69, 9.17) is 16.6 Å². The first-order chi connectivity index (χ1) is 17.0. The van der Waals surface area contributed by atoms with E-state index in [0.29, 0.717) is 16.4 Å². The van der Waals surface area contributed by atoms with Crippen LogP contribution in [0.25, 0.3) is 0 Å². The molecule has 35 heavy (non-hydrogen) atoms. The van der Waals surface area contributed by atoms with Crippen molar-refractivity contribution in [3.8, 4) is 0 Å². The van der Waals surface area contributed by atoms with Gasteiger partial charge in [0.15, 0.2) is 0 Å². The summed E-state index contributed by atoms with van der Waals surface area (Å²) >= 11 is 7.49. The van der Waals surface area contributed by atoms with Gasteiger partial charge in [-0.3, -0.25) is 14.6 Å². The largest absolute Gasteiger partial charge is 0.350 e. The number of amides is 2. The third-order valence-electron chi connectivity index (χ3n) is 6.55. The number of benzene rings is 3. The predicted molar refractivity (Wildman–Crippen MR) is 137 cm³/mol. The van der Waals surface area contributed by atoms with Crippen LogP contribution in [0.1, 0.15) is 0 Å². The van der Waals surface area contributed by atoms with Crippen molar-refractivity contribution < 1.29 is 14.0 Å². The van der Waals surface area contributed by atoms with Crippen molar-refractivity contribution in [2.24, 2.45) is 10.9 Å². The predicted octanol–water partition coefficient (Wildman–Crippen LogP) is 5.36. The van der Waals surface area contributed by atoms with Gasteiger partial charge in [-0.2, -0.15) is 0 Å². The summed E-state index contributed by atoms with van der Waals surface area (Å²) in [4.78, 5) is 36.5. The highest BCUT2D eigenvalue weighted by Crippen LogP contribution is 2.45. The molecule has 3 aromatic carbocycles. The Morgan fingerprint density at radius 1 is 0.857 bits per heavy atom. The Morgan fingerprint density at radius 2 is 1.57 bits per heavy atom. The number of dihydropyridines is 1. The molecule has 5 nitrogen and oxygen atoms in total. The first kappa shape index (κ1) is 22.1. The van der Waals surface area contributed by atoms with E-state index in [-0.39, 0.29) is 23.7 Å². The Hall–Kier alpha value is -3.42. The van der Waals surface area contributed by atoms with E-state index in [1.807, 2.05) is 47.4 Å². The Labute approximate surface area is 210 Å². The Kier molecular flexibility index (Phi) is 5.46. The highest BCUT2D eigenvalue weighted by Gasteiger charge is 2.62. The number of para-hydroxylation sites is 1. The number of hydrogen-bond donors (Lipinski definition) is 0. The number of rotatable bonds is 3. The zero-order valence-corrected chi connectivity index (χ0v) is 19.9. The van der Waals surface area contributed by atoms with Crippen molar-refractivity contribution in [2.75, 3.05) is 9.80 Å². The minimum atomic E-state index is -0.726. The summed E-state index contributed by atoms with van der Waals surface area (Å²) in [6, 6.07) is 21.0. The van der Waals surface area contributed by atoms with E-state index in [1.165, 1.54) is 28.8 Å². The maximum Gasteiger partial charge on any atom is 0.257 e. The quantitative estimate of drug-likeness (QED) is 0.452. The van der Waals surface area contributed by atoms with Crippen LogP contribution in [-0.4, -0.2) is 35.0 Å². The molecule has 174 valence electrons. The monoisotopic (exact) mass is 503 g/mol. The maximum atomic E-state index is 13.7. The molecule has 3 aliphatic heterocycles. The van der Waals surface area contributed by atoms with Gasteiger partial charge in [0, 0.05) is 15.6 Å². The molecule has 0 spiro atoms. The molecule has 2 amide bonds. The highest BCUT2D eigenvalue weighted by atomic mass is 35.5. The molecule has 2 saturated heterocycles. The van der Waals surface area contributed by atoms with E-state index >= 15 is 0 Å². The Morgan fingerprint density at radius 3 is 2.29 bits per heavy atom. The minimum Gasteiger partial charge on any atom is -0.350 e. The summed E-state index contributed by atoms with van der Waals surface area (Å²) in [5.41, 5.74) is 1.22. The fourth-order valence-corrected chi connectivity index (χ4v) is 6.02. The molecule has 3 aromatic rings. The fourth-order valence-electron chi connectivity index (χ4n) is 5.06. The molecule has 0 unspecified atom stereocenters. The number of thioether (sulfide) groups is 1. The van der Waals surface area contributed by atoms with Gasteiger partial charge in [-0.15, -0.1) is 0 Å². The normalized spacial score (nSPS) is 25.0. The first-order valence-corrected chi connectivity index (χ1v) is 12.4. The maximum absolute atomic E-state index is 13.7. The summed E-state index contributed by atoms with van der Waals surface area (Å²) in [6.07, 6.45) is 3.91. The van der Waals surface area contributed by atoms with Crippen LogP contribution in [0, 0.1) is 11.7 Å². The molecule has 3 aliphatic rings. The molecule has 0 bridgehead atoms. The van der Waals surface area contributed by atoms with Crippen LogP contribution in [0.4, 0.5) is 15.8 Å². The third kappa shape index (κ3) is 3.75. The number of carbonyl (C=O) groups is 2. The lowest BCUT2D eigenvalue weighted by atomic mass is 9.94. The van der Waals surface area contributed by atoms with Crippen molar-refractivity contribution in [3.63, 3.8) is 0 Å². The zero-order chi connectivity index (χ0) is 24.1. The first-order valence-electron chi connectivity index (χ1n) is 11.2. The topological polar surface area (TPSA) is 53.0 Å². The van der Waals surface area contributed by atoms with Gasteiger partial charge in [0.05, 0.1) is 28.7 Å². The second-order valence-corrected chi connectivity index (χ2v) is 10.1. The molecule has 0 aromatic heterocycles. The number of anilines is 2. The van der Waals surface area contributed by atoms with Gasteiger partial charge in [0.1, 0.15) is 11.9 Å². The van der Waals surface area contributed by atoms with Crippen molar-refractivity contribution in [1.82, 2.24) is 0 Å². The number of hydrogen-bond acceptors (Lipinski definition) is 5. The van der Waals surface area contributed by atoms with Crippen LogP contribution in [0.3, 0.4) is 0 Å². The average molecular weight is 504 g/mol. The highest BCUT2D eigenvalue weighted by molar-refractivity contribution is 8.14. The van der Waals surface area contributed by atoms with Crippen molar-refractivity contribution >= 4 is 51.6 Å². The van der Waals surface area contributed by atoms with Crippen molar-refractivity contribution in [1.29, 1.82) is 0 Å². The summed E-state index contributed by atoms with van der Waals surface area (Å²) in [5.74, 6) is -1.57. The lowest BCUT2D eigenvalue weighted by molar-refractivity contribution is -0.122. The number of nitrogens with zero attached hydrogens (tertiary/aromatic N) is 3. The van der Waals surface area contributed by atoms with Crippen molar-refractivity contribution in [2.45, 2.75) is 23.0 Å². The average Bonchev–Trinajstić information content (AvgIpc) is 3.34. The van der Waals surface area contributed by atoms with Gasteiger partial charge >= 0.3 is 0 Å². The molecule has 0 radical (unpaired) electrons. The molecular formula is C27H19ClFN3O2S. The third-order valence-corrected chi connectivity index (χ3v) is 7.76. The van der Waals surface area contributed by atoms with Crippen LogP contribution in [0.5, 0.6) is 0 Å². The molecule has 2 fully saturated rings. The van der Waals surface area contributed by atoms with E-state index in [9.17, 15) is 14.0 Å². The fraction of sp³-hybridized carbons (Fsp3) is 0.148. The molecule has 3 heterocycles. The lowest BCUT2D eigenvalue weighted by Crippen LogP contribution is -2.46. The summed E-state index contributed by atoms with van der Waals surface area (Å²) in [7, 11) is 0. The van der Waals surface area contributed by atoms with Crippen LogP contribution < -0.4 is 9.80 Å². The van der Waals surface area contributed by atoms with Crippen LogP contribution in [-0.2, 0) is 9.59 Å². The SMILES string of the molecule is O=C1[C@@H]2[C@H]3N=C(Sc4ccc(Cl)cc4)C=C[C@H]3N(c3ccc(F)cc3)[C@@H]2C(=O)N1c1ccccc1. The lowest BCUT2D eigenvalue weighted by Gasteiger charge is -2.32. The number of imide groups is 1. The number of carbonyl (C=O) groups excluding carboxylic acids is 2. The molecule has 0 N–H and O–H groups in total. The smallest absolute Gasteiger partial charge is 0.257 e. The standard InChI is InChI=1S/C27H19ClFN3O2S/c28-16-6-12-20(13-7-16)35-22-15-14-21-24(30-22)23-25(31(21)19-10-8-17(29)9-11-19)27(34)32(26(23)33)18-4-2-1-3-5-18/h1-15,21,23-25H/t21-,23-,24+,25+/m1/s1. The van der Waals surface area contributed by atoms with Gasteiger partial charge in [-0.25, -0.2) is 9.29 Å². The number of fused-ring (bicyclic) bond motifs is 3. The molecule has 4 atom stereocenters. The number of halogens is 2. The van der Waals surface area contributed by atoms with Crippen LogP contribution in [0.15, 0.2) is 101 Å². The molecular weight excluding hydrogens is 485 g/mol. The Bertz CT molecular complexity index is 1360. The molecule has 0 saturated carbocycles. The summed E-state index contributed by atoms with van der Waals surface area (Å²) in [6.45, 7) is 0. The number of aliphatic imine (C=N–C) groups is 1. The summed E-state index contributed by atoms with van der Waals surface area (Å²) < 4.78 is 13.7. The molecule has 0 aliphatic carbocycles. The van der Waals surface area contributed by atoms with Crippen molar-refractivity contribution in [3.05, 3.63) is 102 Å². The van der Waals surface area contributed by atoms with Gasteiger partial charge in [-0.05, 0) is 66.7 Å². The Balaban J connectivity index is 1.40. The van der Waals surface area contributed by atoms with E-state index < -0.39 is 18.0 Å². The van der Waals surface area contributed by atoms with Gasteiger partial charge in [-0.1, -0.05) is 47.6 Å². The van der Waals surface area contributed by atoms with Gasteiger partial charge in [0.2, 0.25) is 5.91 Å². The molecule has 8 heteroatoms. The van der Waals surface area contributed by atoms with Gasteiger partial charge < -0.3 is 4.90 Å². The van der Waals surface area contributed by atoms with E-state index in [1.54, 1.807) is 36.4 Å². The zero-order valence-electron chi connectivity index (χ0n) is 18.3. The summed E-state index contributed by atoms with van der Waals surface area (Å²) in [5, 5.41) is 1.41. The van der Waals surface area contributed by atoms with E-state index in [0.717, 1.165) is 9.94 Å².